The predicted octanol–water partition coefficient (Wildman–Crippen LogP) is 2.90. The van der Waals surface area contributed by atoms with E-state index in [0.29, 0.717) is 12.5 Å². The molecule has 88 valence electrons. The van der Waals surface area contributed by atoms with Crippen molar-refractivity contribution in [2.45, 2.75) is 31.8 Å². The monoisotopic (exact) mass is 240 g/mol. The highest BCUT2D eigenvalue weighted by atomic mass is 32.1. The fourth-order valence-electron chi connectivity index (χ4n) is 1.86. The van der Waals surface area contributed by atoms with Gasteiger partial charge < -0.3 is 9.47 Å². The van der Waals surface area contributed by atoms with Crippen molar-refractivity contribution in [3.05, 3.63) is 16.3 Å². The first-order valence-electron chi connectivity index (χ1n) is 5.57. The number of ether oxygens (including phenoxy) is 2. The molecule has 4 heteroatoms. The summed E-state index contributed by atoms with van der Waals surface area (Å²) in [6.07, 6.45) is 3.95. The molecule has 2 heterocycles. The zero-order chi connectivity index (χ0) is 11.4. The number of methoxy groups -OCH3 is 1. The van der Waals surface area contributed by atoms with Crippen molar-refractivity contribution in [3.8, 4) is 5.75 Å². The van der Waals surface area contributed by atoms with Gasteiger partial charge in [0.2, 0.25) is 0 Å². The molecule has 3 nitrogen and oxygen atoms in total. The van der Waals surface area contributed by atoms with Crippen molar-refractivity contribution in [3.63, 3.8) is 0 Å². The summed E-state index contributed by atoms with van der Waals surface area (Å²) >= 11 is 1.45. The summed E-state index contributed by atoms with van der Waals surface area (Å²) < 4.78 is 10.5. The molecule has 0 bridgehead atoms. The predicted molar refractivity (Wildman–Crippen MR) is 63.4 cm³/mol. The molecular weight excluding hydrogens is 224 g/mol. The molecular formula is C12H16O3S. The van der Waals surface area contributed by atoms with Gasteiger partial charge in [-0.25, -0.2) is 0 Å². The second-order valence-electron chi connectivity index (χ2n) is 3.95. The Morgan fingerprint density at radius 2 is 2.56 bits per heavy atom. The summed E-state index contributed by atoms with van der Waals surface area (Å²) in [4.78, 5) is 12.6. The molecule has 1 unspecified atom stereocenters. The second kappa shape index (κ2) is 5.46. The Labute approximate surface area is 99.4 Å². The van der Waals surface area contributed by atoms with Gasteiger partial charge in [0.1, 0.15) is 5.75 Å². The maximum atomic E-state index is 11.8. The van der Waals surface area contributed by atoms with Crippen LogP contribution >= 0.6 is 11.3 Å². The van der Waals surface area contributed by atoms with Gasteiger partial charge >= 0.3 is 0 Å². The minimum Gasteiger partial charge on any atom is -0.496 e. The van der Waals surface area contributed by atoms with Crippen LogP contribution in [0, 0.1) is 0 Å². The number of carbonyl (C=O) groups excluding carboxylic acids is 1. The summed E-state index contributed by atoms with van der Waals surface area (Å²) in [5.41, 5.74) is 0. The lowest BCUT2D eigenvalue weighted by Gasteiger charge is -2.06. The molecule has 1 atom stereocenters. The molecule has 1 aromatic rings. The Morgan fingerprint density at radius 3 is 3.19 bits per heavy atom. The summed E-state index contributed by atoms with van der Waals surface area (Å²) in [5, 5.41) is 1.86. The third-order valence-corrected chi connectivity index (χ3v) is 3.75. The lowest BCUT2D eigenvalue weighted by atomic mass is 10.1. The van der Waals surface area contributed by atoms with E-state index in [9.17, 15) is 4.79 Å². The minimum atomic E-state index is 0.198. The van der Waals surface area contributed by atoms with Crippen LogP contribution in [-0.2, 0) is 4.74 Å². The minimum absolute atomic E-state index is 0.198. The van der Waals surface area contributed by atoms with Crippen LogP contribution in [0.1, 0.15) is 35.4 Å². The zero-order valence-electron chi connectivity index (χ0n) is 9.40. The number of hydrogen-bond donors (Lipinski definition) is 0. The fraction of sp³-hybridized carbons (Fsp3) is 0.583. The molecule has 0 aromatic carbocycles. The molecule has 0 saturated carbocycles. The van der Waals surface area contributed by atoms with E-state index < -0.39 is 0 Å². The van der Waals surface area contributed by atoms with E-state index in [4.69, 9.17) is 9.47 Å². The van der Waals surface area contributed by atoms with Gasteiger partial charge in [0.05, 0.1) is 18.1 Å². The van der Waals surface area contributed by atoms with E-state index in [0.717, 1.165) is 36.5 Å². The van der Waals surface area contributed by atoms with Crippen LogP contribution in [0.5, 0.6) is 5.75 Å². The smallest absolute Gasteiger partial charge is 0.173 e. The van der Waals surface area contributed by atoms with E-state index in [1.807, 2.05) is 11.4 Å². The first-order valence-corrected chi connectivity index (χ1v) is 6.45. The molecule has 1 aliphatic heterocycles. The molecule has 1 aliphatic rings. The molecule has 16 heavy (non-hydrogen) atoms. The number of carbonyl (C=O) groups is 1. The highest BCUT2D eigenvalue weighted by molar-refractivity contribution is 7.12. The molecule has 0 spiro atoms. The topological polar surface area (TPSA) is 35.5 Å². The molecule has 0 aliphatic carbocycles. The molecule has 1 fully saturated rings. The zero-order valence-corrected chi connectivity index (χ0v) is 10.2. The quantitative estimate of drug-likeness (QED) is 0.742. The molecule has 1 saturated heterocycles. The van der Waals surface area contributed by atoms with Crippen molar-refractivity contribution in [2.24, 2.45) is 0 Å². The highest BCUT2D eigenvalue weighted by Crippen LogP contribution is 2.24. The van der Waals surface area contributed by atoms with Crippen LogP contribution < -0.4 is 4.74 Å². The largest absolute Gasteiger partial charge is 0.496 e. The Hall–Kier alpha value is -0.870. The maximum absolute atomic E-state index is 11.8. The van der Waals surface area contributed by atoms with Gasteiger partial charge in [-0.3, -0.25) is 4.79 Å². The van der Waals surface area contributed by atoms with E-state index in [-0.39, 0.29) is 5.78 Å². The van der Waals surface area contributed by atoms with E-state index >= 15 is 0 Å². The van der Waals surface area contributed by atoms with Gasteiger partial charge in [-0.05, 0) is 19.3 Å². The van der Waals surface area contributed by atoms with Gasteiger partial charge in [0, 0.05) is 24.5 Å². The SMILES string of the molecule is COc1csc(C(=O)CCC2CCCO2)c1. The van der Waals surface area contributed by atoms with Crippen LogP contribution in [0.2, 0.25) is 0 Å². The average molecular weight is 240 g/mol. The normalized spacial score (nSPS) is 19.9. The number of thiophene rings is 1. The van der Waals surface area contributed by atoms with Gasteiger partial charge in [-0.2, -0.15) is 0 Å². The number of Topliss-reactive ketones (excluding diaryl/α,β-unsaturated/α-hetero) is 1. The lowest BCUT2D eigenvalue weighted by molar-refractivity contribution is 0.0862. The summed E-state index contributed by atoms with van der Waals surface area (Å²) in [6, 6.07) is 1.81. The molecule has 2 rings (SSSR count). The van der Waals surface area contributed by atoms with Crippen LogP contribution in [0.15, 0.2) is 11.4 Å². The standard InChI is InChI=1S/C12H16O3S/c1-14-10-7-12(16-8-10)11(13)5-4-9-3-2-6-15-9/h7-9H,2-6H2,1H3. The number of hydrogen-bond acceptors (Lipinski definition) is 4. The average Bonchev–Trinajstić information content (AvgIpc) is 2.96. The Kier molecular flexibility index (Phi) is 3.96. The fourth-order valence-corrected chi connectivity index (χ4v) is 2.68. The Bertz CT molecular complexity index is 353. The van der Waals surface area contributed by atoms with Crippen molar-refractivity contribution in [2.75, 3.05) is 13.7 Å². The van der Waals surface area contributed by atoms with Crippen LogP contribution in [-0.4, -0.2) is 25.6 Å². The highest BCUT2D eigenvalue weighted by Gasteiger charge is 2.18. The van der Waals surface area contributed by atoms with Gasteiger partial charge in [0.15, 0.2) is 5.78 Å². The third kappa shape index (κ3) is 2.83. The second-order valence-corrected chi connectivity index (χ2v) is 4.86. The van der Waals surface area contributed by atoms with Gasteiger partial charge in [-0.15, -0.1) is 11.3 Å². The molecule has 1 aromatic heterocycles. The van der Waals surface area contributed by atoms with Gasteiger partial charge in [-0.1, -0.05) is 0 Å². The Morgan fingerprint density at radius 1 is 1.69 bits per heavy atom. The van der Waals surface area contributed by atoms with E-state index in [2.05, 4.69) is 0 Å². The third-order valence-electron chi connectivity index (χ3n) is 2.80. The van der Waals surface area contributed by atoms with Crippen molar-refractivity contribution in [1.29, 1.82) is 0 Å². The van der Waals surface area contributed by atoms with Crippen molar-refractivity contribution in [1.82, 2.24) is 0 Å². The first kappa shape index (κ1) is 11.6. The first-order chi connectivity index (χ1) is 7.79. The molecule has 0 N–H and O–H groups in total. The molecule has 0 amide bonds. The number of ketones is 1. The van der Waals surface area contributed by atoms with Crippen molar-refractivity contribution >= 4 is 17.1 Å². The number of rotatable bonds is 5. The summed E-state index contributed by atoms with van der Waals surface area (Å²) in [6.45, 7) is 0.853. The summed E-state index contributed by atoms with van der Waals surface area (Å²) in [7, 11) is 1.61. The van der Waals surface area contributed by atoms with E-state index in [1.165, 1.54) is 11.3 Å². The lowest BCUT2D eigenvalue weighted by Crippen LogP contribution is -2.08. The summed E-state index contributed by atoms with van der Waals surface area (Å²) in [5.74, 6) is 0.967. The van der Waals surface area contributed by atoms with Crippen LogP contribution in [0.3, 0.4) is 0 Å². The maximum Gasteiger partial charge on any atom is 0.173 e. The van der Waals surface area contributed by atoms with Crippen molar-refractivity contribution < 1.29 is 14.3 Å². The Balaban J connectivity index is 1.82. The van der Waals surface area contributed by atoms with Crippen LogP contribution in [0.4, 0.5) is 0 Å². The molecule has 0 radical (unpaired) electrons. The van der Waals surface area contributed by atoms with Crippen LogP contribution in [0.25, 0.3) is 0 Å². The van der Waals surface area contributed by atoms with E-state index in [1.54, 1.807) is 7.11 Å². The van der Waals surface area contributed by atoms with Gasteiger partial charge in [0.25, 0.3) is 0 Å².